The maximum atomic E-state index is 2.33. The number of hydrogen-bond donors (Lipinski definition) is 0. The van der Waals surface area contributed by atoms with E-state index in [0.717, 1.165) is 13.1 Å². The van der Waals surface area contributed by atoms with Crippen LogP contribution < -0.4 is 43.1 Å². The first-order valence-electron chi connectivity index (χ1n) is 5.14. The van der Waals surface area contributed by atoms with Gasteiger partial charge in [0.05, 0.1) is 17.2 Å². The number of halogens is 2. The van der Waals surface area contributed by atoms with Gasteiger partial charge in [-0.05, 0) is 0 Å². The molecule has 2 aromatic heterocycles. The van der Waals surface area contributed by atoms with Crippen molar-refractivity contribution >= 4 is 22.7 Å². The maximum absolute atomic E-state index is 2.33. The van der Waals surface area contributed by atoms with Crippen LogP contribution in [0.5, 0.6) is 0 Å². The molecule has 2 aromatic rings. The van der Waals surface area contributed by atoms with Crippen molar-refractivity contribution in [2.24, 2.45) is 0 Å². The third-order valence-electron chi connectivity index (χ3n) is 2.57. The highest BCUT2D eigenvalue weighted by Crippen LogP contribution is 2.01. The van der Waals surface area contributed by atoms with E-state index in [9.17, 15) is 0 Å². The Morgan fingerprint density at radius 2 is 1.21 bits per heavy atom. The van der Waals surface area contributed by atoms with Gasteiger partial charge in [-0.1, -0.05) is 37.5 Å². The molecule has 2 nitrogen and oxygen atoms in total. The number of aryl methyl sites for hydroxylation is 4. The van der Waals surface area contributed by atoms with E-state index in [1.165, 1.54) is 16.4 Å². The summed E-state index contributed by atoms with van der Waals surface area (Å²) in [4.78, 5) is 0. The maximum Gasteiger partial charge on any atom is 0.234 e. The summed E-state index contributed by atoms with van der Waals surface area (Å²) in [7, 11) is 0. The quantitative estimate of drug-likeness (QED) is 0.468. The van der Waals surface area contributed by atoms with Crippen molar-refractivity contribution in [1.29, 1.82) is 0 Å². The van der Waals surface area contributed by atoms with Crippen molar-refractivity contribution in [3.05, 3.63) is 33.2 Å². The van der Waals surface area contributed by atoms with Crippen LogP contribution in [0, 0.1) is 13.8 Å². The summed E-state index contributed by atoms with van der Waals surface area (Å²) in [6.45, 7) is 6.59. The molecule has 112 valence electrons. The van der Waals surface area contributed by atoms with E-state index < -0.39 is 0 Å². The van der Waals surface area contributed by atoms with Gasteiger partial charge in [-0.25, -0.2) is 0 Å². The lowest BCUT2D eigenvalue weighted by Crippen LogP contribution is -3.00. The summed E-state index contributed by atoms with van der Waals surface area (Å²) in [5.74, 6) is 0. The van der Waals surface area contributed by atoms with Crippen LogP contribution >= 0.6 is 22.7 Å². The van der Waals surface area contributed by atoms with Gasteiger partial charge < -0.3 is 34.0 Å². The Bertz CT molecular complexity index is 401. The van der Waals surface area contributed by atoms with Gasteiger partial charge in [0.2, 0.25) is 10.0 Å². The fourth-order valence-corrected chi connectivity index (χ4v) is 3.01. The first kappa shape index (κ1) is 24.3. The largest absolute Gasteiger partial charge is 1.00 e. The van der Waals surface area contributed by atoms with E-state index in [2.05, 4.69) is 46.1 Å². The van der Waals surface area contributed by atoms with Crippen molar-refractivity contribution in [2.75, 3.05) is 0 Å². The van der Waals surface area contributed by atoms with Crippen molar-refractivity contribution < 1.29 is 43.1 Å². The van der Waals surface area contributed by atoms with Gasteiger partial charge in [-0.3, -0.25) is 0 Å². The van der Waals surface area contributed by atoms with Crippen LogP contribution in [-0.4, -0.2) is 0 Å². The minimum Gasteiger partial charge on any atom is -1.00 e. The van der Waals surface area contributed by atoms with E-state index in [0.29, 0.717) is 0 Å². The fourth-order valence-electron chi connectivity index (χ4n) is 1.63. The molecule has 0 saturated carbocycles. The molecule has 2 rings (SSSR count). The zero-order valence-corrected chi connectivity index (χ0v) is 14.7. The van der Waals surface area contributed by atoms with Crippen LogP contribution in [-0.2, 0) is 13.1 Å². The normalized spacial score (nSPS) is 8.53. The number of nitrogens with zero attached hydrogens (tertiary/aromatic N) is 2. The third kappa shape index (κ3) is 6.97. The average Bonchev–Trinajstić information content (AvgIpc) is 2.78. The minimum absolute atomic E-state index is 0. The lowest BCUT2D eigenvalue weighted by molar-refractivity contribution is -0.727. The molecule has 0 aromatic carbocycles. The molecule has 0 N–H and O–H groups in total. The Balaban J connectivity index is -0.000000640. The first-order valence-corrected chi connectivity index (χ1v) is 6.90. The minimum atomic E-state index is 0. The van der Waals surface area contributed by atoms with Gasteiger partial charge >= 0.3 is 0 Å². The third-order valence-corrected chi connectivity index (χ3v) is 4.23. The molecule has 0 bridgehead atoms. The van der Waals surface area contributed by atoms with Gasteiger partial charge in [-0.2, -0.15) is 9.13 Å². The predicted molar refractivity (Wildman–Crippen MR) is 76.6 cm³/mol. The van der Waals surface area contributed by atoms with Crippen molar-refractivity contribution in [3.8, 4) is 0 Å². The zero-order valence-electron chi connectivity index (χ0n) is 9.90. The highest BCUT2D eigenvalue weighted by atomic mass is 79.9. The Labute approximate surface area is 146 Å². The molecule has 0 atom stereocenters. The summed E-state index contributed by atoms with van der Waals surface area (Å²) in [6, 6.07) is 0. The number of thiazole rings is 2. The molecule has 19 heavy (non-hydrogen) atoms. The van der Waals surface area contributed by atoms with Crippen LogP contribution in [0.25, 0.3) is 0 Å². The van der Waals surface area contributed by atoms with Gasteiger partial charge in [0.15, 0.2) is 25.5 Å². The second-order valence-electron chi connectivity index (χ2n) is 3.58. The van der Waals surface area contributed by atoms with Crippen LogP contribution in [0.3, 0.4) is 0 Å². The smallest absolute Gasteiger partial charge is 0.234 e. The fraction of sp³-hybridized carbons (Fsp3) is 0.538. The Morgan fingerprint density at radius 1 is 0.842 bits per heavy atom. The molecule has 2 heterocycles. The summed E-state index contributed by atoms with van der Waals surface area (Å²) in [5, 5.41) is 7.08. The molecular formula is C13H24Br2N2S2. The summed E-state index contributed by atoms with van der Waals surface area (Å²) in [6.07, 6.45) is 5.54. The van der Waals surface area contributed by atoms with E-state index in [1.54, 1.807) is 0 Å². The van der Waals surface area contributed by atoms with Crippen molar-refractivity contribution in [3.63, 3.8) is 0 Å². The van der Waals surface area contributed by atoms with E-state index >= 15 is 0 Å². The average molecular weight is 432 g/mol. The standard InChI is InChI=1S/C11H16N2S2.2CH4.2BrH/c1-10-12(6-8-14-10)4-3-5-13-7-9-15-11(13)2;;;;/h6-9H,3-5H2,1-2H3;2*1H4;2*1H/q+2;;;;/p-2. The Morgan fingerprint density at radius 3 is 1.47 bits per heavy atom. The second-order valence-corrected chi connectivity index (χ2v) is 5.78. The molecule has 0 aliphatic heterocycles. The number of aromatic nitrogens is 2. The van der Waals surface area contributed by atoms with E-state index in [4.69, 9.17) is 0 Å². The number of hydrogen-bond acceptors (Lipinski definition) is 2. The second kappa shape index (κ2) is 12.0. The lowest BCUT2D eigenvalue weighted by atomic mass is 10.4. The molecular weight excluding hydrogens is 408 g/mol. The molecule has 0 aliphatic rings. The molecule has 0 fully saturated rings. The summed E-state index contributed by atoms with van der Waals surface area (Å²) >= 11 is 3.63. The van der Waals surface area contributed by atoms with Crippen molar-refractivity contribution in [2.45, 2.75) is 48.2 Å². The Kier molecular flexibility index (Phi) is 15.3. The van der Waals surface area contributed by atoms with Gasteiger partial charge in [0, 0.05) is 13.8 Å². The van der Waals surface area contributed by atoms with Crippen LogP contribution in [0.2, 0.25) is 0 Å². The highest BCUT2D eigenvalue weighted by Gasteiger charge is 2.10. The SMILES string of the molecule is C.C.Cc1scc[n+]1CCC[n+]1ccsc1C.[Br-].[Br-]. The molecule has 6 heteroatoms. The van der Waals surface area contributed by atoms with Crippen LogP contribution in [0.4, 0.5) is 0 Å². The topological polar surface area (TPSA) is 7.76 Å². The van der Waals surface area contributed by atoms with Crippen molar-refractivity contribution in [1.82, 2.24) is 0 Å². The zero-order chi connectivity index (χ0) is 10.7. The van der Waals surface area contributed by atoms with E-state index in [-0.39, 0.29) is 48.8 Å². The predicted octanol–water partition coefficient (Wildman–Crippen LogP) is -2.63. The molecule has 0 spiro atoms. The van der Waals surface area contributed by atoms with Crippen LogP contribution in [0.1, 0.15) is 31.3 Å². The van der Waals surface area contributed by atoms with Gasteiger partial charge in [0.25, 0.3) is 0 Å². The van der Waals surface area contributed by atoms with Crippen LogP contribution in [0.15, 0.2) is 23.2 Å². The first-order chi connectivity index (χ1) is 7.27. The van der Waals surface area contributed by atoms with E-state index in [1.807, 2.05) is 22.7 Å². The lowest BCUT2D eigenvalue weighted by Gasteiger charge is -1.94. The molecule has 0 amide bonds. The molecule has 0 saturated heterocycles. The monoisotopic (exact) mass is 430 g/mol. The molecule has 0 radical (unpaired) electrons. The Hall–Kier alpha value is 0.220. The molecule has 0 aliphatic carbocycles. The molecule has 0 unspecified atom stereocenters. The van der Waals surface area contributed by atoms with Gasteiger partial charge in [0.1, 0.15) is 0 Å². The number of rotatable bonds is 4. The summed E-state index contributed by atoms with van der Waals surface area (Å²) < 4.78 is 4.65. The highest BCUT2D eigenvalue weighted by molar-refractivity contribution is 7.09. The summed E-state index contributed by atoms with van der Waals surface area (Å²) in [5.41, 5.74) is 0. The van der Waals surface area contributed by atoms with Gasteiger partial charge in [-0.15, -0.1) is 0 Å².